The summed E-state index contributed by atoms with van der Waals surface area (Å²) in [5, 5.41) is 1.17. The van der Waals surface area contributed by atoms with Crippen LogP contribution in [0.3, 0.4) is 0 Å². The van der Waals surface area contributed by atoms with Crippen molar-refractivity contribution < 1.29 is 9.53 Å². The number of thioether (sulfide) groups is 1. The zero-order chi connectivity index (χ0) is 20.9. The molecule has 0 radical (unpaired) electrons. The molecule has 2 aromatic rings. The van der Waals surface area contributed by atoms with Crippen LogP contribution in [0, 0.1) is 0 Å². The third kappa shape index (κ3) is 4.71. The number of hydrogen-bond donors (Lipinski definition) is 0. The first-order chi connectivity index (χ1) is 14.7. The number of aliphatic imine (C=N–C) groups is 1. The minimum absolute atomic E-state index is 0.0183. The van der Waals surface area contributed by atoms with Gasteiger partial charge in [0.25, 0.3) is 5.91 Å². The maximum Gasteiger partial charge on any atom is 0.267 e. The number of carbonyl (C=O) groups is 1. The van der Waals surface area contributed by atoms with E-state index in [1.807, 2.05) is 42.2 Å². The van der Waals surface area contributed by atoms with Crippen LogP contribution in [0.2, 0.25) is 5.02 Å². The van der Waals surface area contributed by atoms with Crippen molar-refractivity contribution in [1.29, 1.82) is 0 Å². The van der Waals surface area contributed by atoms with E-state index in [2.05, 4.69) is 4.98 Å². The Balaban J connectivity index is 1.66. The second-order valence-corrected chi connectivity index (χ2v) is 8.72. The van der Waals surface area contributed by atoms with Gasteiger partial charge in [0.2, 0.25) is 0 Å². The van der Waals surface area contributed by atoms with Gasteiger partial charge in [-0.25, -0.2) is 4.99 Å². The molecule has 0 unspecified atom stereocenters. The van der Waals surface area contributed by atoms with Crippen molar-refractivity contribution in [2.75, 3.05) is 6.61 Å². The molecule has 30 heavy (non-hydrogen) atoms. The highest BCUT2D eigenvalue weighted by Gasteiger charge is 2.38. The lowest BCUT2D eigenvalue weighted by Crippen LogP contribution is -2.40. The van der Waals surface area contributed by atoms with Crippen LogP contribution in [0.1, 0.15) is 44.6 Å². The summed E-state index contributed by atoms with van der Waals surface area (Å²) in [6, 6.07) is 9.73. The molecule has 1 saturated carbocycles. The van der Waals surface area contributed by atoms with Crippen LogP contribution in [0.15, 0.2) is 52.6 Å². The molecule has 0 bridgehead atoms. The number of amidine groups is 1. The number of nitrogens with zero attached hydrogens (tertiary/aromatic N) is 3. The minimum atomic E-state index is 0.0183. The number of ether oxygens (including phenoxy) is 1. The second kappa shape index (κ2) is 9.67. The molecular weight excluding hydrogens is 418 g/mol. The number of halogens is 1. The van der Waals surface area contributed by atoms with Crippen LogP contribution in [-0.4, -0.2) is 33.6 Å². The lowest BCUT2D eigenvalue weighted by Gasteiger charge is -2.30. The Labute approximate surface area is 186 Å². The molecule has 4 rings (SSSR count). The normalized spacial score (nSPS) is 20.3. The molecule has 1 aliphatic carbocycles. The lowest BCUT2D eigenvalue weighted by molar-refractivity contribution is -0.124. The molecule has 2 heterocycles. The summed E-state index contributed by atoms with van der Waals surface area (Å²) in [6.07, 6.45) is 10.7. The molecule has 7 heteroatoms. The highest BCUT2D eigenvalue weighted by molar-refractivity contribution is 8.18. The summed E-state index contributed by atoms with van der Waals surface area (Å²) in [6.45, 7) is 2.59. The maximum atomic E-state index is 13.4. The van der Waals surface area contributed by atoms with Crippen LogP contribution < -0.4 is 4.74 Å². The number of pyridine rings is 1. The zero-order valence-corrected chi connectivity index (χ0v) is 18.5. The van der Waals surface area contributed by atoms with Crippen LogP contribution in [0.25, 0.3) is 6.08 Å². The average molecular weight is 442 g/mol. The summed E-state index contributed by atoms with van der Waals surface area (Å²) in [7, 11) is 0. The standard InChI is InChI=1S/C23H24ClN3O2S/c1-2-29-18-10-8-16(9-11-18)14-21-22(28)27(17-6-4-3-5-7-17)23(30-21)26-20-12-13-25-15-19(20)24/h8-15,17H,2-7H2,1H3/b21-14-,26-23?. The van der Waals surface area contributed by atoms with E-state index in [4.69, 9.17) is 21.3 Å². The summed E-state index contributed by atoms with van der Waals surface area (Å²) in [5.41, 5.74) is 1.59. The average Bonchev–Trinajstić information content (AvgIpc) is 3.06. The number of benzene rings is 1. The molecule has 0 spiro atoms. The van der Waals surface area contributed by atoms with Crippen molar-refractivity contribution in [2.45, 2.75) is 45.1 Å². The lowest BCUT2D eigenvalue weighted by atomic mass is 9.94. The molecule has 1 aromatic carbocycles. The topological polar surface area (TPSA) is 54.8 Å². The monoisotopic (exact) mass is 441 g/mol. The van der Waals surface area contributed by atoms with E-state index in [1.165, 1.54) is 18.2 Å². The Morgan fingerprint density at radius 1 is 1.23 bits per heavy atom. The first-order valence-electron chi connectivity index (χ1n) is 10.3. The quantitative estimate of drug-likeness (QED) is 0.528. The van der Waals surface area contributed by atoms with E-state index in [9.17, 15) is 4.79 Å². The van der Waals surface area contributed by atoms with Crippen LogP contribution in [-0.2, 0) is 4.79 Å². The highest BCUT2D eigenvalue weighted by atomic mass is 35.5. The SMILES string of the molecule is CCOc1ccc(/C=C2\SC(=Nc3ccncc3Cl)N(C3CCCCC3)C2=O)cc1. The van der Waals surface area contributed by atoms with E-state index in [0.717, 1.165) is 37.0 Å². The van der Waals surface area contributed by atoms with Gasteiger partial charge in [-0.05, 0) is 61.4 Å². The molecule has 1 saturated heterocycles. The fourth-order valence-electron chi connectivity index (χ4n) is 3.77. The van der Waals surface area contributed by atoms with Gasteiger partial charge in [-0.1, -0.05) is 43.0 Å². The number of aromatic nitrogens is 1. The van der Waals surface area contributed by atoms with Gasteiger partial charge in [-0.2, -0.15) is 0 Å². The fourth-order valence-corrected chi connectivity index (χ4v) is 4.98. The van der Waals surface area contributed by atoms with Crippen LogP contribution in [0.4, 0.5) is 5.69 Å². The summed E-state index contributed by atoms with van der Waals surface area (Å²) >= 11 is 7.68. The van der Waals surface area contributed by atoms with Crippen molar-refractivity contribution in [3.8, 4) is 5.75 Å². The van der Waals surface area contributed by atoms with Crippen molar-refractivity contribution in [3.05, 3.63) is 58.2 Å². The molecular formula is C23H24ClN3O2S. The van der Waals surface area contributed by atoms with E-state index in [1.54, 1.807) is 18.5 Å². The predicted molar refractivity (Wildman–Crippen MR) is 123 cm³/mol. The number of hydrogen-bond acceptors (Lipinski definition) is 5. The Bertz CT molecular complexity index is 969. The van der Waals surface area contributed by atoms with Gasteiger partial charge in [0.15, 0.2) is 5.17 Å². The second-order valence-electron chi connectivity index (χ2n) is 7.30. The van der Waals surface area contributed by atoms with E-state index in [-0.39, 0.29) is 11.9 Å². The molecule has 156 valence electrons. The summed E-state index contributed by atoms with van der Waals surface area (Å²) in [4.78, 5) is 24.7. The molecule has 1 amide bonds. The third-order valence-electron chi connectivity index (χ3n) is 5.23. The summed E-state index contributed by atoms with van der Waals surface area (Å²) < 4.78 is 5.51. The minimum Gasteiger partial charge on any atom is -0.494 e. The molecule has 2 aliphatic rings. The first kappa shape index (κ1) is 20.9. The van der Waals surface area contributed by atoms with E-state index in [0.29, 0.717) is 27.4 Å². The van der Waals surface area contributed by atoms with Crippen molar-refractivity contribution in [1.82, 2.24) is 9.88 Å². The molecule has 1 aromatic heterocycles. The zero-order valence-electron chi connectivity index (χ0n) is 16.9. The van der Waals surface area contributed by atoms with Gasteiger partial charge in [0.05, 0.1) is 22.2 Å². The number of rotatable bonds is 5. The number of carbonyl (C=O) groups excluding carboxylic acids is 1. The van der Waals surface area contributed by atoms with Gasteiger partial charge in [-0.3, -0.25) is 14.7 Å². The van der Waals surface area contributed by atoms with E-state index >= 15 is 0 Å². The molecule has 0 N–H and O–H groups in total. The van der Waals surface area contributed by atoms with E-state index < -0.39 is 0 Å². The Morgan fingerprint density at radius 3 is 2.70 bits per heavy atom. The van der Waals surface area contributed by atoms with Crippen molar-refractivity contribution >= 4 is 46.2 Å². The Morgan fingerprint density at radius 2 is 2.00 bits per heavy atom. The summed E-state index contributed by atoms with van der Waals surface area (Å²) in [5.74, 6) is 0.841. The third-order valence-corrected chi connectivity index (χ3v) is 6.51. The van der Waals surface area contributed by atoms with Gasteiger partial charge in [0, 0.05) is 18.4 Å². The Kier molecular flexibility index (Phi) is 6.75. The molecule has 5 nitrogen and oxygen atoms in total. The number of amides is 1. The van der Waals surface area contributed by atoms with Gasteiger partial charge < -0.3 is 4.74 Å². The molecule has 0 atom stereocenters. The van der Waals surface area contributed by atoms with Crippen LogP contribution >= 0.6 is 23.4 Å². The van der Waals surface area contributed by atoms with Gasteiger partial charge in [-0.15, -0.1) is 0 Å². The predicted octanol–water partition coefficient (Wildman–Crippen LogP) is 6.07. The van der Waals surface area contributed by atoms with Gasteiger partial charge >= 0.3 is 0 Å². The smallest absolute Gasteiger partial charge is 0.267 e. The fraction of sp³-hybridized carbons (Fsp3) is 0.348. The van der Waals surface area contributed by atoms with Gasteiger partial charge in [0.1, 0.15) is 5.75 Å². The largest absolute Gasteiger partial charge is 0.494 e. The first-order valence-corrected chi connectivity index (χ1v) is 11.5. The molecule has 2 fully saturated rings. The van der Waals surface area contributed by atoms with Crippen molar-refractivity contribution in [2.24, 2.45) is 4.99 Å². The molecule has 1 aliphatic heterocycles. The highest BCUT2D eigenvalue weighted by Crippen LogP contribution is 2.39. The maximum absolute atomic E-state index is 13.4. The van der Waals surface area contributed by atoms with Crippen molar-refractivity contribution in [3.63, 3.8) is 0 Å². The van der Waals surface area contributed by atoms with Crippen LogP contribution in [0.5, 0.6) is 5.75 Å². The Hall–Kier alpha value is -2.31.